The van der Waals surface area contributed by atoms with Crippen LogP contribution in [-0.4, -0.2) is 46.9 Å². The molecule has 5 heterocycles. The molecule has 0 radical (unpaired) electrons. The summed E-state index contributed by atoms with van der Waals surface area (Å²) in [6.07, 6.45) is 4.34. The highest BCUT2D eigenvalue weighted by Crippen LogP contribution is 2.33. The van der Waals surface area contributed by atoms with Crippen LogP contribution in [0.25, 0.3) is 16.9 Å². The minimum atomic E-state index is -1.21. The molecule has 1 aliphatic rings. The predicted molar refractivity (Wildman–Crippen MR) is 108 cm³/mol. The van der Waals surface area contributed by atoms with Crippen molar-refractivity contribution in [2.45, 2.75) is 33.5 Å². The third-order valence-corrected chi connectivity index (χ3v) is 5.12. The molecule has 0 fully saturated rings. The number of nitrogens with zero attached hydrogens (tertiary/aromatic N) is 7. The first-order valence-corrected chi connectivity index (χ1v) is 9.37. The maximum absolute atomic E-state index is 14.7. The van der Waals surface area contributed by atoms with Gasteiger partial charge in [-0.3, -0.25) is 4.68 Å². The molecular formula is C19H23FN8O. The van der Waals surface area contributed by atoms with E-state index in [1.165, 1.54) is 0 Å². The number of nitrogens with one attached hydrogen (secondary N) is 1. The summed E-state index contributed by atoms with van der Waals surface area (Å²) in [6.45, 7) is 5.85. The van der Waals surface area contributed by atoms with E-state index < -0.39 is 6.17 Å². The van der Waals surface area contributed by atoms with Crippen molar-refractivity contribution < 1.29 is 10.6 Å². The molecule has 29 heavy (non-hydrogen) atoms. The zero-order valence-electron chi connectivity index (χ0n) is 16.6. The number of fused-ring (bicyclic) bond motifs is 2. The lowest BCUT2D eigenvalue weighted by Gasteiger charge is -2.10. The summed E-state index contributed by atoms with van der Waals surface area (Å²) in [6, 6.07) is 0. The lowest BCUT2D eigenvalue weighted by Crippen LogP contribution is -2.19. The fourth-order valence-electron chi connectivity index (χ4n) is 3.71. The third-order valence-electron chi connectivity index (χ3n) is 5.12. The van der Waals surface area contributed by atoms with Crippen LogP contribution in [0.1, 0.15) is 18.2 Å². The van der Waals surface area contributed by atoms with Crippen LogP contribution in [0.2, 0.25) is 0 Å². The second-order valence-corrected chi connectivity index (χ2v) is 7.42. The quantitative estimate of drug-likeness (QED) is 0.530. The summed E-state index contributed by atoms with van der Waals surface area (Å²) >= 11 is 0. The van der Waals surface area contributed by atoms with Gasteiger partial charge >= 0.3 is 0 Å². The summed E-state index contributed by atoms with van der Waals surface area (Å²) in [5.74, 6) is 1.38. The Labute approximate surface area is 167 Å². The summed E-state index contributed by atoms with van der Waals surface area (Å²) in [5.41, 5.74) is 4.03. The number of aryl methyl sites for hydroxylation is 3. The van der Waals surface area contributed by atoms with Gasteiger partial charge in [-0.2, -0.15) is 10.1 Å². The van der Waals surface area contributed by atoms with E-state index in [2.05, 4.69) is 25.5 Å². The minimum Gasteiger partial charge on any atom is -0.472 e. The van der Waals surface area contributed by atoms with E-state index in [-0.39, 0.29) is 14.6 Å². The van der Waals surface area contributed by atoms with Gasteiger partial charge in [-0.25, -0.2) is 14.1 Å². The topological polar surface area (TPSA) is 87.6 Å². The van der Waals surface area contributed by atoms with E-state index in [1.54, 1.807) is 20.1 Å². The van der Waals surface area contributed by atoms with Crippen molar-refractivity contribution in [1.29, 1.82) is 0 Å². The van der Waals surface area contributed by atoms with Crippen LogP contribution in [0.15, 0.2) is 18.6 Å². The molecule has 2 bridgehead atoms. The molecule has 5 rings (SSSR count). The number of halogens is 1. The molecule has 4 aromatic rings. The van der Waals surface area contributed by atoms with Gasteiger partial charge in [-0.05, 0) is 26.3 Å². The van der Waals surface area contributed by atoms with Gasteiger partial charge in [0, 0.05) is 38.0 Å². The highest BCUT2D eigenvalue weighted by Gasteiger charge is 2.24. The van der Waals surface area contributed by atoms with E-state index in [9.17, 15) is 4.39 Å². The van der Waals surface area contributed by atoms with Crippen LogP contribution in [0, 0.1) is 20.8 Å². The van der Waals surface area contributed by atoms with Gasteiger partial charge in [0.25, 0.3) is 5.88 Å². The average Bonchev–Trinajstić information content (AvgIpc) is 3.27. The monoisotopic (exact) mass is 398 g/mol. The lowest BCUT2D eigenvalue weighted by molar-refractivity contribution is 0.175. The van der Waals surface area contributed by atoms with Crippen LogP contribution in [0.4, 0.5) is 16.0 Å². The molecule has 0 spiro atoms. The van der Waals surface area contributed by atoms with Crippen molar-refractivity contribution in [3.8, 4) is 11.7 Å². The van der Waals surface area contributed by atoms with Crippen LogP contribution in [0.3, 0.4) is 0 Å². The normalized spacial score (nSPS) is 16.4. The number of aromatic nitrogens is 7. The Morgan fingerprint density at radius 2 is 2.03 bits per heavy atom. The molecule has 152 valence electrons. The first-order valence-electron chi connectivity index (χ1n) is 9.37. The van der Waals surface area contributed by atoms with Gasteiger partial charge in [0.1, 0.15) is 17.9 Å². The molecule has 0 unspecified atom stereocenters. The molecular weight excluding hydrogens is 375 g/mol. The van der Waals surface area contributed by atoms with Crippen molar-refractivity contribution in [3.05, 3.63) is 35.4 Å². The van der Waals surface area contributed by atoms with Crippen molar-refractivity contribution in [1.82, 2.24) is 34.1 Å². The van der Waals surface area contributed by atoms with Gasteiger partial charge in [0.15, 0.2) is 12.0 Å². The molecule has 1 N–H and O–H groups in total. The highest BCUT2D eigenvalue weighted by molar-refractivity contribution is 5.81. The maximum atomic E-state index is 14.7. The fraction of sp³-hybridized carbons (Fsp3) is 0.368. The standard InChI is InChI=1S/C19H21FN8O.H2/c1-10-7-27-8-13(20)9-29-18-15(22-19-21-5-14(10)17(27)23-19)12(3)28(25-18)16-11(2)6-26(4)24-16;/h5-7,13H,8-9H2,1-4H3,(H,21,22,23);1H/t13-;/m0./s1. The zero-order valence-corrected chi connectivity index (χ0v) is 16.6. The largest absolute Gasteiger partial charge is 0.472 e. The fourth-order valence-corrected chi connectivity index (χ4v) is 3.71. The van der Waals surface area contributed by atoms with Crippen molar-refractivity contribution in [3.63, 3.8) is 0 Å². The molecule has 1 atom stereocenters. The van der Waals surface area contributed by atoms with Gasteiger partial charge in [0.05, 0.1) is 12.2 Å². The maximum Gasteiger partial charge on any atom is 0.257 e. The Kier molecular flexibility index (Phi) is 3.83. The summed E-state index contributed by atoms with van der Waals surface area (Å²) in [4.78, 5) is 9.05. The van der Waals surface area contributed by atoms with Gasteiger partial charge in [0.2, 0.25) is 5.95 Å². The third kappa shape index (κ3) is 2.82. The number of ether oxygens (including phenoxy) is 1. The summed E-state index contributed by atoms with van der Waals surface area (Å²) in [5, 5.41) is 13.1. The van der Waals surface area contributed by atoms with E-state index in [4.69, 9.17) is 4.74 Å². The Morgan fingerprint density at radius 3 is 2.79 bits per heavy atom. The van der Waals surface area contributed by atoms with Crippen molar-refractivity contribution >= 4 is 22.7 Å². The zero-order chi connectivity index (χ0) is 20.3. The Morgan fingerprint density at radius 1 is 1.21 bits per heavy atom. The second kappa shape index (κ2) is 6.29. The number of hydrogen-bond acceptors (Lipinski definition) is 6. The Balaban J connectivity index is 0.00000218. The number of alkyl halides is 1. The minimum absolute atomic E-state index is 0. The molecule has 0 aromatic carbocycles. The molecule has 10 heteroatoms. The van der Waals surface area contributed by atoms with E-state index in [1.807, 2.05) is 40.2 Å². The van der Waals surface area contributed by atoms with E-state index >= 15 is 0 Å². The lowest BCUT2D eigenvalue weighted by atomic mass is 10.3. The SMILES string of the molecule is Cc1cn(C)nc1-n1nc2c(c1C)Nc1ncc3c(C)cn(c3n1)C[C@H](F)CO2.[HH]. The molecule has 0 amide bonds. The van der Waals surface area contributed by atoms with Crippen LogP contribution >= 0.6 is 0 Å². The van der Waals surface area contributed by atoms with E-state index in [0.29, 0.717) is 29.0 Å². The molecule has 0 saturated heterocycles. The highest BCUT2D eigenvalue weighted by atomic mass is 19.1. The Hall–Kier alpha value is -3.43. The van der Waals surface area contributed by atoms with Crippen LogP contribution in [-0.2, 0) is 13.6 Å². The van der Waals surface area contributed by atoms with Gasteiger partial charge in [-0.15, -0.1) is 5.10 Å². The van der Waals surface area contributed by atoms with Crippen molar-refractivity contribution in [2.75, 3.05) is 11.9 Å². The van der Waals surface area contributed by atoms with Gasteiger partial charge < -0.3 is 14.6 Å². The molecule has 4 aromatic heterocycles. The average molecular weight is 398 g/mol. The second-order valence-electron chi connectivity index (χ2n) is 7.42. The molecule has 1 aliphatic heterocycles. The number of anilines is 2. The molecule has 9 nitrogen and oxygen atoms in total. The first-order chi connectivity index (χ1) is 13.9. The smallest absolute Gasteiger partial charge is 0.257 e. The predicted octanol–water partition coefficient (Wildman–Crippen LogP) is 3.00. The van der Waals surface area contributed by atoms with Crippen molar-refractivity contribution in [2.24, 2.45) is 7.05 Å². The summed E-state index contributed by atoms with van der Waals surface area (Å²) in [7, 11) is 1.85. The Bertz CT molecular complexity index is 1240. The van der Waals surface area contributed by atoms with E-state index in [0.717, 1.165) is 22.2 Å². The van der Waals surface area contributed by atoms with Crippen LogP contribution in [0.5, 0.6) is 5.88 Å². The number of hydrogen-bond donors (Lipinski definition) is 1. The molecule has 0 aliphatic carbocycles. The van der Waals surface area contributed by atoms with Crippen LogP contribution < -0.4 is 10.1 Å². The summed E-state index contributed by atoms with van der Waals surface area (Å²) < 4.78 is 25.7. The first kappa shape index (κ1) is 17.7. The number of rotatable bonds is 1. The molecule has 0 saturated carbocycles. The van der Waals surface area contributed by atoms with Gasteiger partial charge in [-0.1, -0.05) is 0 Å².